The number of likely N-dealkylation sites (tertiary alicyclic amines) is 1. The van der Waals surface area contributed by atoms with Gasteiger partial charge >= 0.3 is 17.9 Å². The number of Topliss-reactive ketones (excluding diaryl/α,β-unsaturated/α-hetero) is 7. The maximum Gasteiger partial charge on any atom is 0.304 e. The molecular formula is C94H136N10O28. The average Bonchev–Trinajstić information content (AvgIpc) is 0.841. The van der Waals surface area contributed by atoms with E-state index >= 15 is 0 Å². The topological polar surface area (TPSA) is 632 Å². The molecule has 38 nitrogen and oxygen atoms in total. The SMILES string of the molecule is CC[C@H](C)[C@H](NC(=O)[C@H](CO)CC(=O)[C@H](Cc1ccc(O)cc1)NC(=O)[C@H](CC(=O)O)CC(=O)[C@H](CO)NC(=O)[C@@H](CC(=O)[C@H](Cc1ccccc1)NC(=O)[C@@H](CC(=O)CNC(=O)[C@H](CCC(=O)O)CC(=O)CC(C)(C)C(=O)NCCN1CCCCC1=O)[C@@H](C)O)[C@@H](C)O)C(=O)C[C@@H](Cc1ccc(O)cc1)C(=O)N[C@@H](CC(C)C)C(=O)C[C@@H](CC(=O)O)C(=O)N[C@H](C)CCCCN. The number of hydrogen-bond donors (Lipinski definition) is 18. The van der Waals surface area contributed by atoms with Crippen molar-refractivity contribution in [1.82, 2.24) is 47.4 Å². The van der Waals surface area contributed by atoms with Gasteiger partial charge in [-0.25, -0.2) is 0 Å². The molecule has 1 heterocycles. The summed E-state index contributed by atoms with van der Waals surface area (Å²) in [5.74, 6) is -30.1. The van der Waals surface area contributed by atoms with Crippen LogP contribution in [0.25, 0.3) is 0 Å². The molecule has 16 atom stereocenters. The number of nitrogens with zero attached hydrogens (tertiary/aromatic N) is 1. The maximum atomic E-state index is 14.9. The molecule has 0 bridgehead atoms. The van der Waals surface area contributed by atoms with Crippen molar-refractivity contribution in [2.24, 2.45) is 64.4 Å². The van der Waals surface area contributed by atoms with E-state index in [1.165, 1.54) is 62.4 Å². The lowest BCUT2D eigenvalue weighted by Crippen LogP contribution is -2.52. The van der Waals surface area contributed by atoms with E-state index in [0.29, 0.717) is 49.9 Å². The highest BCUT2D eigenvalue weighted by atomic mass is 16.4. The molecule has 0 spiro atoms. The van der Waals surface area contributed by atoms with Crippen LogP contribution in [0.4, 0.5) is 0 Å². The number of aliphatic carboxylic acids is 3. The summed E-state index contributed by atoms with van der Waals surface area (Å²) in [5, 5.41) is 114. The zero-order valence-corrected chi connectivity index (χ0v) is 76.8. The molecule has 1 aliphatic heterocycles. The predicted molar refractivity (Wildman–Crippen MR) is 478 cm³/mol. The number of nitrogens with one attached hydrogen (secondary N) is 8. The van der Waals surface area contributed by atoms with Crippen LogP contribution in [-0.2, 0) is 110 Å². The normalized spacial score (nSPS) is 15.8. The molecule has 38 heteroatoms. The van der Waals surface area contributed by atoms with Crippen LogP contribution < -0.4 is 48.3 Å². The molecule has 1 saturated heterocycles. The average molecular weight is 1850 g/mol. The largest absolute Gasteiger partial charge is 0.508 e. The summed E-state index contributed by atoms with van der Waals surface area (Å²) in [6.45, 7) is 12.1. The number of carboxylic acids is 3. The van der Waals surface area contributed by atoms with Crippen LogP contribution in [0.2, 0.25) is 0 Å². The number of phenolic OH excluding ortho intramolecular Hbond substituents is 2. The third-order valence-electron chi connectivity index (χ3n) is 23.5. The standard InChI is InChI=1S/C94H136N10O28/c1-10-54(4)85(80(117)43-62(37-59-22-27-66(109)28-23-59)88(127)99-72(36-53(2)3)76(113)41-63(45-83(121)122)87(126)98-55(5)18-14-16-32-95)103-90(129)65(51-105)44-77(114)73(39-60-24-29-67(110)30-25-60)100-89(128)64(46-84(123)124)42-78(115)75(52-106)102-92(131)71(57(7)108)48-79(116)74(38-58-19-12-11-13-20-58)101-91(130)70(56(6)107)47-69(112)50-97-86(125)61(26-31-82(119)120)40-68(111)49-94(8,9)93(132)96-33-35-104-34-17-15-21-81(104)118/h11-13,19-20,22-25,27-30,53-57,61-65,70-75,85,105-110H,10,14-18,21,26,31-52,95H2,1-9H3,(H,96,132)(H,97,125)(H,98,126)(H,99,127)(H,100,128)(H,101,130)(H,102,131)(H,103,129)(H,119,120)(H,121,122)(H,123,124)/t54-,55+,56+,57+,61+,62+,63-,64-,65-,70-,71-,72-,73-,74-,75-,85-/m0/s1. The van der Waals surface area contributed by atoms with Crippen molar-refractivity contribution < 1.29 is 137 Å². The number of piperidine rings is 1. The van der Waals surface area contributed by atoms with Gasteiger partial charge in [-0.2, -0.15) is 0 Å². The lowest BCUT2D eigenvalue weighted by atomic mass is 9.83. The molecule has 0 aliphatic carbocycles. The van der Waals surface area contributed by atoms with Crippen LogP contribution in [0.3, 0.4) is 0 Å². The predicted octanol–water partition coefficient (Wildman–Crippen LogP) is 2.52. The van der Waals surface area contributed by atoms with E-state index in [9.17, 15) is 137 Å². The van der Waals surface area contributed by atoms with Crippen LogP contribution in [0, 0.1) is 58.7 Å². The van der Waals surface area contributed by atoms with Crippen LogP contribution in [0.5, 0.6) is 11.5 Å². The quantitative estimate of drug-likeness (QED) is 0.0361. The Hall–Kier alpha value is -11.6. The van der Waals surface area contributed by atoms with E-state index in [4.69, 9.17) is 5.73 Å². The van der Waals surface area contributed by atoms with Crippen molar-refractivity contribution in [2.45, 2.75) is 258 Å². The molecule has 3 aromatic carbocycles. The number of carboxylic acid groups (broad SMARTS) is 3. The molecule has 3 aromatic rings. The van der Waals surface area contributed by atoms with Gasteiger partial charge in [-0.05, 0) is 138 Å². The smallest absolute Gasteiger partial charge is 0.304 e. The highest BCUT2D eigenvalue weighted by Gasteiger charge is 2.42. The van der Waals surface area contributed by atoms with E-state index in [2.05, 4.69) is 42.5 Å². The summed E-state index contributed by atoms with van der Waals surface area (Å²) in [4.78, 5) is 263. The number of carbonyl (C=O) groups excluding carboxylic acids is 16. The second-order valence-corrected chi connectivity index (χ2v) is 35.8. The summed E-state index contributed by atoms with van der Waals surface area (Å²) in [6, 6.07) is 10.4. The first-order valence-electron chi connectivity index (χ1n) is 45.1. The number of aromatic hydroxyl groups is 2. The molecule has 19 N–H and O–H groups in total. The fourth-order valence-electron chi connectivity index (χ4n) is 15.4. The van der Waals surface area contributed by atoms with Crippen LogP contribution in [-0.4, -0.2) is 257 Å². The number of unbranched alkanes of at least 4 members (excludes halogenated alkanes) is 1. The van der Waals surface area contributed by atoms with Gasteiger partial charge in [0.25, 0.3) is 0 Å². The fourth-order valence-corrected chi connectivity index (χ4v) is 15.4. The Labute approximate surface area is 768 Å². The lowest BCUT2D eigenvalue weighted by molar-refractivity contribution is -0.143. The lowest BCUT2D eigenvalue weighted by Gasteiger charge is -2.28. The summed E-state index contributed by atoms with van der Waals surface area (Å²) in [5.41, 5.74) is 5.47. The summed E-state index contributed by atoms with van der Waals surface area (Å²) in [7, 11) is 0. The van der Waals surface area contributed by atoms with E-state index in [-0.39, 0.29) is 86.5 Å². The van der Waals surface area contributed by atoms with Crippen molar-refractivity contribution in [2.75, 3.05) is 45.9 Å². The first-order chi connectivity index (χ1) is 62.2. The van der Waals surface area contributed by atoms with Crippen molar-refractivity contribution in [3.63, 3.8) is 0 Å². The van der Waals surface area contributed by atoms with Gasteiger partial charge in [0.1, 0.15) is 23.3 Å². The Balaban J connectivity index is 1.54. The Morgan fingerprint density at radius 1 is 0.462 bits per heavy atom. The first kappa shape index (κ1) is 113. The van der Waals surface area contributed by atoms with Crippen LogP contribution in [0.1, 0.15) is 207 Å². The van der Waals surface area contributed by atoms with Crippen molar-refractivity contribution in [3.8, 4) is 11.5 Å². The van der Waals surface area contributed by atoms with Crippen molar-refractivity contribution in [3.05, 3.63) is 95.6 Å². The van der Waals surface area contributed by atoms with Gasteiger partial charge in [0, 0.05) is 102 Å². The highest BCUT2D eigenvalue weighted by molar-refractivity contribution is 6.01. The second kappa shape index (κ2) is 57.0. The zero-order chi connectivity index (χ0) is 98.8. The van der Waals surface area contributed by atoms with E-state index in [1.54, 1.807) is 69.9 Å². The van der Waals surface area contributed by atoms with Gasteiger partial charge in [0.2, 0.25) is 53.2 Å². The molecule has 1 aliphatic rings. The van der Waals surface area contributed by atoms with Gasteiger partial charge in [-0.15, -0.1) is 0 Å². The van der Waals surface area contributed by atoms with Gasteiger partial charge in [-0.3, -0.25) is 91.1 Å². The molecule has 1 fully saturated rings. The number of hydrogen-bond acceptors (Lipinski definition) is 26. The van der Waals surface area contributed by atoms with Gasteiger partial charge in [-0.1, -0.05) is 109 Å². The minimum absolute atomic E-state index is 0.0250. The molecule has 0 aromatic heterocycles. The van der Waals surface area contributed by atoms with Crippen molar-refractivity contribution >= 4 is 112 Å². The molecule has 0 saturated carbocycles. The third kappa shape index (κ3) is 40.2. The number of aliphatic hydroxyl groups excluding tert-OH is 4. The number of benzene rings is 3. The fraction of sp³-hybridized carbons (Fsp3) is 0.606. The number of aliphatic hydroxyl groups is 4. The first-order valence-corrected chi connectivity index (χ1v) is 45.1. The summed E-state index contributed by atoms with van der Waals surface area (Å²) < 4.78 is 0. The summed E-state index contributed by atoms with van der Waals surface area (Å²) >= 11 is 0. The minimum Gasteiger partial charge on any atom is -0.508 e. The van der Waals surface area contributed by atoms with Crippen LogP contribution in [0.15, 0.2) is 78.9 Å². The minimum atomic E-state index is -1.99. The molecular weight excluding hydrogens is 1720 g/mol. The van der Waals surface area contributed by atoms with Crippen LogP contribution >= 0.6 is 0 Å². The Morgan fingerprint density at radius 3 is 1.45 bits per heavy atom. The Morgan fingerprint density at radius 2 is 0.939 bits per heavy atom. The number of ketones is 7. The molecule has 730 valence electrons. The molecule has 9 amide bonds. The number of amides is 9. The van der Waals surface area contributed by atoms with E-state index in [0.717, 1.165) is 26.7 Å². The molecule has 0 unspecified atom stereocenters. The number of carbonyl (C=O) groups is 19. The Bertz CT molecular complexity index is 4410. The maximum absolute atomic E-state index is 14.9. The summed E-state index contributed by atoms with van der Waals surface area (Å²) in [6.07, 6.45) is -8.65. The third-order valence-corrected chi connectivity index (χ3v) is 23.5. The Kier molecular flexibility index (Phi) is 48.6. The van der Waals surface area contributed by atoms with Gasteiger partial charge < -0.3 is 99.1 Å². The number of nitrogens with two attached hydrogens (primary N) is 1. The van der Waals surface area contributed by atoms with E-state index < -0.39 is 291 Å². The van der Waals surface area contributed by atoms with Gasteiger partial charge in [0.05, 0.1) is 104 Å². The zero-order valence-electron chi connectivity index (χ0n) is 76.8. The molecule has 0 radical (unpaired) electrons. The highest BCUT2D eigenvalue weighted by Crippen LogP contribution is 2.29. The van der Waals surface area contributed by atoms with Crippen molar-refractivity contribution in [1.29, 1.82) is 0 Å². The monoisotopic (exact) mass is 1850 g/mol. The molecule has 132 heavy (non-hydrogen) atoms. The van der Waals surface area contributed by atoms with E-state index in [1.807, 2.05) is 0 Å². The number of rotatable bonds is 65. The molecule has 4 rings (SSSR count). The number of phenols is 2. The van der Waals surface area contributed by atoms with Gasteiger partial charge in [0.15, 0.2) is 34.7 Å². The second-order valence-electron chi connectivity index (χ2n) is 35.8.